The van der Waals surface area contributed by atoms with Crippen LogP contribution in [0.25, 0.3) is 0 Å². The van der Waals surface area contributed by atoms with Crippen molar-refractivity contribution < 1.29 is 0 Å². The maximum absolute atomic E-state index is 6.27. The second-order valence-electron chi connectivity index (χ2n) is 5.09. The van der Waals surface area contributed by atoms with Gasteiger partial charge in [0.15, 0.2) is 0 Å². The van der Waals surface area contributed by atoms with Crippen LogP contribution in [0.5, 0.6) is 0 Å². The van der Waals surface area contributed by atoms with Crippen molar-refractivity contribution in [2.75, 3.05) is 0 Å². The van der Waals surface area contributed by atoms with Gasteiger partial charge in [0, 0.05) is 17.5 Å². The number of thioether (sulfide) groups is 1. The van der Waals surface area contributed by atoms with Gasteiger partial charge in [-0.15, -0.1) is 0 Å². The average molecular weight is 271 g/mol. The highest BCUT2D eigenvalue weighted by Gasteiger charge is 2.33. The van der Waals surface area contributed by atoms with Crippen LogP contribution in [0.1, 0.15) is 26.7 Å². The summed E-state index contributed by atoms with van der Waals surface area (Å²) in [5.41, 5.74) is 6.27. The van der Waals surface area contributed by atoms with E-state index < -0.39 is 0 Å². The zero-order valence-electron chi connectivity index (χ0n) is 10.3. The van der Waals surface area contributed by atoms with Crippen LogP contribution in [0, 0.1) is 11.8 Å². The third kappa shape index (κ3) is 3.15. The van der Waals surface area contributed by atoms with Gasteiger partial charge in [-0.2, -0.15) is 0 Å². The largest absolute Gasteiger partial charge is 0.327 e. The summed E-state index contributed by atoms with van der Waals surface area (Å²) in [4.78, 5) is 4.34. The monoisotopic (exact) mass is 270 g/mol. The Kier molecular flexibility index (Phi) is 4.34. The molecule has 1 saturated carbocycles. The topological polar surface area (TPSA) is 38.9 Å². The Hall–Kier alpha value is -0.250. The fourth-order valence-corrected chi connectivity index (χ4v) is 4.12. The molecule has 4 unspecified atom stereocenters. The van der Waals surface area contributed by atoms with Gasteiger partial charge in [0.25, 0.3) is 0 Å². The third-order valence-corrected chi connectivity index (χ3v) is 5.46. The molecule has 0 aromatic carbocycles. The van der Waals surface area contributed by atoms with Crippen LogP contribution >= 0.6 is 23.4 Å². The van der Waals surface area contributed by atoms with Gasteiger partial charge in [0.1, 0.15) is 5.03 Å². The van der Waals surface area contributed by atoms with Gasteiger partial charge in [-0.1, -0.05) is 37.2 Å². The first-order chi connectivity index (χ1) is 8.08. The van der Waals surface area contributed by atoms with Gasteiger partial charge in [-0.25, -0.2) is 4.98 Å². The van der Waals surface area contributed by atoms with E-state index >= 15 is 0 Å². The van der Waals surface area contributed by atoms with Gasteiger partial charge in [0.2, 0.25) is 0 Å². The summed E-state index contributed by atoms with van der Waals surface area (Å²) in [6, 6.07) is 3.99. The van der Waals surface area contributed by atoms with E-state index in [0.29, 0.717) is 11.2 Å². The second kappa shape index (κ2) is 5.59. The first-order valence-electron chi connectivity index (χ1n) is 6.10. The van der Waals surface area contributed by atoms with Crippen LogP contribution in [-0.2, 0) is 0 Å². The lowest BCUT2D eigenvalue weighted by Crippen LogP contribution is -2.42. The van der Waals surface area contributed by atoms with Crippen molar-refractivity contribution in [3.05, 3.63) is 23.4 Å². The number of pyridine rings is 1. The molecule has 1 heterocycles. The fraction of sp³-hybridized carbons (Fsp3) is 0.615. The quantitative estimate of drug-likeness (QED) is 0.893. The summed E-state index contributed by atoms with van der Waals surface area (Å²) in [6.07, 6.45) is 4.14. The minimum Gasteiger partial charge on any atom is -0.327 e. The van der Waals surface area contributed by atoms with Crippen molar-refractivity contribution in [1.82, 2.24) is 4.98 Å². The molecule has 17 heavy (non-hydrogen) atoms. The van der Waals surface area contributed by atoms with Gasteiger partial charge in [0.05, 0.1) is 5.02 Å². The van der Waals surface area contributed by atoms with E-state index in [9.17, 15) is 0 Å². The lowest BCUT2D eigenvalue weighted by Gasteiger charge is -2.37. The number of nitrogens with two attached hydrogens (primary N) is 1. The first-order valence-corrected chi connectivity index (χ1v) is 7.36. The molecule has 0 radical (unpaired) electrons. The predicted molar refractivity (Wildman–Crippen MR) is 74.4 cm³/mol. The molecule has 2 rings (SSSR count). The summed E-state index contributed by atoms with van der Waals surface area (Å²) in [5.74, 6) is 1.35. The van der Waals surface area contributed by atoms with E-state index in [1.54, 1.807) is 18.0 Å². The normalized spacial score (nSPS) is 33.6. The zero-order valence-corrected chi connectivity index (χ0v) is 11.8. The molecule has 1 aliphatic rings. The molecule has 2 N–H and O–H groups in total. The molecule has 2 nitrogen and oxygen atoms in total. The molecule has 1 aromatic rings. The van der Waals surface area contributed by atoms with E-state index in [4.69, 9.17) is 17.3 Å². The Bertz CT molecular complexity index is 373. The van der Waals surface area contributed by atoms with Crippen molar-refractivity contribution in [2.24, 2.45) is 17.6 Å². The molecule has 4 heteroatoms. The van der Waals surface area contributed by atoms with Crippen molar-refractivity contribution in [3.63, 3.8) is 0 Å². The molecule has 0 amide bonds. The molecule has 1 fully saturated rings. The highest BCUT2D eigenvalue weighted by Crippen LogP contribution is 2.39. The standard InChI is InChI=1S/C13H19ClN2S/c1-8-6-9(2)12(11(15)7-8)17-13-10(14)4-3-5-16-13/h3-5,8-9,11-12H,6-7,15H2,1-2H3. The Balaban J connectivity index is 2.10. The Morgan fingerprint density at radius 1 is 1.41 bits per heavy atom. The summed E-state index contributed by atoms with van der Waals surface area (Å²) >= 11 is 7.88. The summed E-state index contributed by atoms with van der Waals surface area (Å²) in [5, 5.41) is 2.07. The zero-order chi connectivity index (χ0) is 12.4. The molecule has 0 saturated heterocycles. The maximum Gasteiger partial charge on any atom is 0.115 e. The number of nitrogens with zero attached hydrogens (tertiary/aromatic N) is 1. The molecule has 0 aliphatic heterocycles. The number of aromatic nitrogens is 1. The molecule has 0 spiro atoms. The lowest BCUT2D eigenvalue weighted by atomic mass is 9.80. The van der Waals surface area contributed by atoms with Crippen molar-refractivity contribution in [3.8, 4) is 0 Å². The van der Waals surface area contributed by atoms with Gasteiger partial charge in [-0.3, -0.25) is 0 Å². The molecule has 94 valence electrons. The smallest absolute Gasteiger partial charge is 0.115 e. The number of hydrogen-bond acceptors (Lipinski definition) is 3. The molecule has 4 atom stereocenters. The van der Waals surface area contributed by atoms with Gasteiger partial charge >= 0.3 is 0 Å². The van der Waals surface area contributed by atoms with Gasteiger partial charge in [-0.05, 0) is 36.8 Å². The minimum absolute atomic E-state index is 0.247. The summed E-state index contributed by atoms with van der Waals surface area (Å²) in [7, 11) is 0. The SMILES string of the molecule is CC1CC(C)C(Sc2ncccc2Cl)C(N)C1. The Morgan fingerprint density at radius 3 is 2.82 bits per heavy atom. The number of rotatable bonds is 2. The van der Waals surface area contributed by atoms with E-state index in [1.807, 2.05) is 12.1 Å². The highest BCUT2D eigenvalue weighted by atomic mass is 35.5. The number of halogens is 1. The Morgan fingerprint density at radius 2 is 2.18 bits per heavy atom. The van der Waals surface area contributed by atoms with E-state index in [0.717, 1.165) is 22.4 Å². The average Bonchev–Trinajstić information content (AvgIpc) is 2.25. The summed E-state index contributed by atoms with van der Waals surface area (Å²) < 4.78 is 0. The van der Waals surface area contributed by atoms with Crippen molar-refractivity contribution in [2.45, 2.75) is 43.0 Å². The second-order valence-corrected chi connectivity index (χ2v) is 6.66. The van der Waals surface area contributed by atoms with Crippen molar-refractivity contribution >= 4 is 23.4 Å². The molecular weight excluding hydrogens is 252 g/mol. The predicted octanol–water partition coefficient (Wildman–Crippen LogP) is 3.59. The lowest BCUT2D eigenvalue weighted by molar-refractivity contribution is 0.279. The first kappa shape index (κ1) is 13.2. The van der Waals surface area contributed by atoms with Crippen LogP contribution in [0.15, 0.2) is 23.4 Å². The van der Waals surface area contributed by atoms with Crippen LogP contribution in [0.4, 0.5) is 0 Å². The van der Waals surface area contributed by atoms with Crippen LogP contribution < -0.4 is 5.73 Å². The highest BCUT2D eigenvalue weighted by molar-refractivity contribution is 8.00. The summed E-state index contributed by atoms with van der Waals surface area (Å²) in [6.45, 7) is 4.56. The van der Waals surface area contributed by atoms with Crippen LogP contribution in [0.2, 0.25) is 5.02 Å². The van der Waals surface area contributed by atoms with Gasteiger partial charge < -0.3 is 5.73 Å². The van der Waals surface area contributed by atoms with Crippen LogP contribution in [-0.4, -0.2) is 16.3 Å². The number of hydrogen-bond donors (Lipinski definition) is 1. The fourth-order valence-electron chi connectivity index (χ4n) is 2.68. The third-order valence-electron chi connectivity index (χ3n) is 3.40. The molecule has 1 aliphatic carbocycles. The maximum atomic E-state index is 6.27. The van der Waals surface area contributed by atoms with E-state index in [2.05, 4.69) is 18.8 Å². The molecular formula is C13H19ClN2S. The molecule has 1 aromatic heterocycles. The molecule has 0 bridgehead atoms. The van der Waals surface area contributed by atoms with Crippen LogP contribution in [0.3, 0.4) is 0 Å². The minimum atomic E-state index is 0.247. The van der Waals surface area contributed by atoms with E-state index in [1.165, 1.54) is 6.42 Å². The Labute approximate surface area is 112 Å². The van der Waals surface area contributed by atoms with E-state index in [-0.39, 0.29) is 6.04 Å². The van der Waals surface area contributed by atoms with Crippen molar-refractivity contribution in [1.29, 1.82) is 0 Å².